The van der Waals surface area contributed by atoms with E-state index in [0.717, 1.165) is 0 Å². The molecule has 2 aromatic carbocycles. The second kappa shape index (κ2) is 15.3. The number of methoxy groups -OCH3 is 1. The zero-order valence-electron chi connectivity index (χ0n) is 23.5. The number of terminal acetylenes is 1. The van der Waals surface area contributed by atoms with Crippen LogP contribution in [0.3, 0.4) is 0 Å². The van der Waals surface area contributed by atoms with E-state index >= 15 is 0 Å². The van der Waals surface area contributed by atoms with Crippen LogP contribution in [0.5, 0.6) is 23.0 Å². The summed E-state index contributed by atoms with van der Waals surface area (Å²) < 4.78 is 28.0. The first-order valence-electron chi connectivity index (χ1n) is 12.8. The monoisotopic (exact) mass is 642 g/mol. The lowest BCUT2D eigenvalue weighted by Gasteiger charge is -2.28. The summed E-state index contributed by atoms with van der Waals surface area (Å²) >= 11 is 3.43. The third-order valence-corrected chi connectivity index (χ3v) is 6.27. The molecule has 0 saturated carbocycles. The summed E-state index contributed by atoms with van der Waals surface area (Å²) in [6, 6.07) is 7.04. The van der Waals surface area contributed by atoms with Crippen molar-refractivity contribution in [1.82, 2.24) is 16.1 Å². The molecule has 13 heteroatoms. The van der Waals surface area contributed by atoms with Crippen LogP contribution in [0.2, 0.25) is 0 Å². The molecular weight excluding hydrogens is 612 g/mol. The van der Waals surface area contributed by atoms with Crippen LogP contribution in [-0.4, -0.2) is 57.7 Å². The number of halogens is 1. The van der Waals surface area contributed by atoms with E-state index in [9.17, 15) is 14.4 Å². The Bertz CT molecular complexity index is 1430. The molecule has 0 spiro atoms. The molecule has 3 rings (SSSR count). The molecule has 222 valence electrons. The van der Waals surface area contributed by atoms with Gasteiger partial charge in [-0.15, -0.1) is 6.42 Å². The zero-order valence-corrected chi connectivity index (χ0v) is 25.1. The van der Waals surface area contributed by atoms with Gasteiger partial charge in [-0.2, -0.15) is 5.10 Å². The van der Waals surface area contributed by atoms with Gasteiger partial charge in [0.2, 0.25) is 0 Å². The van der Waals surface area contributed by atoms with Crippen LogP contribution < -0.4 is 35.0 Å². The first kappa shape index (κ1) is 31.8. The molecule has 1 aliphatic heterocycles. The van der Waals surface area contributed by atoms with Crippen molar-refractivity contribution in [3.8, 4) is 35.3 Å². The lowest BCUT2D eigenvalue weighted by atomic mass is 9.95. The van der Waals surface area contributed by atoms with E-state index in [1.54, 1.807) is 44.2 Å². The Kier molecular flexibility index (Phi) is 11.6. The van der Waals surface area contributed by atoms with Crippen LogP contribution in [0.15, 0.2) is 51.2 Å². The molecule has 0 aromatic heterocycles. The standard InChI is InChI=1S/C29H31BrN4O8/c1-6-11-41-27-20(30)12-18(13-23(27)39-7-2)15-31-34-24(35)16-42-21-10-9-19(14-22(21)38-5)26-25(28(36)40-8-3)17(4)32-29(37)33-26/h1,9-10,12-15,26H,7-8,11,16H2,2-5H3,(H,34,35)(H2,32,33,37)/b31-15-/t26-/m1/s1. The van der Waals surface area contributed by atoms with Gasteiger partial charge in [0.15, 0.2) is 29.6 Å². The van der Waals surface area contributed by atoms with Gasteiger partial charge in [0.1, 0.15) is 6.61 Å². The Morgan fingerprint density at radius 3 is 2.60 bits per heavy atom. The number of hydrogen-bond donors (Lipinski definition) is 3. The molecule has 1 aliphatic rings. The molecule has 1 atom stereocenters. The molecule has 0 saturated heterocycles. The molecule has 0 bridgehead atoms. The summed E-state index contributed by atoms with van der Waals surface area (Å²) in [6.45, 7) is 5.46. The molecular formula is C29H31BrN4O8. The number of esters is 1. The number of ether oxygens (including phenoxy) is 5. The largest absolute Gasteiger partial charge is 0.493 e. The normalized spacial score (nSPS) is 14.4. The number of carbonyl (C=O) groups excluding carboxylic acids is 3. The van der Waals surface area contributed by atoms with Gasteiger partial charge in [-0.3, -0.25) is 4.79 Å². The lowest BCUT2D eigenvalue weighted by Crippen LogP contribution is -2.45. The third kappa shape index (κ3) is 8.17. The van der Waals surface area contributed by atoms with Gasteiger partial charge < -0.3 is 34.3 Å². The number of benzene rings is 2. The zero-order chi connectivity index (χ0) is 30.6. The minimum atomic E-state index is -0.778. The number of nitrogens with zero attached hydrogens (tertiary/aromatic N) is 1. The molecule has 3 amide bonds. The number of carbonyl (C=O) groups is 3. The van der Waals surface area contributed by atoms with E-state index in [1.807, 2.05) is 6.92 Å². The quantitative estimate of drug-likeness (QED) is 0.130. The van der Waals surface area contributed by atoms with Crippen molar-refractivity contribution in [2.24, 2.45) is 5.10 Å². The second-order valence-electron chi connectivity index (χ2n) is 8.54. The maximum absolute atomic E-state index is 12.6. The third-order valence-electron chi connectivity index (χ3n) is 5.68. The van der Waals surface area contributed by atoms with Crippen LogP contribution >= 0.6 is 15.9 Å². The van der Waals surface area contributed by atoms with Gasteiger partial charge in [0, 0.05) is 5.70 Å². The number of allylic oxidation sites excluding steroid dienone is 1. The predicted octanol–water partition coefficient (Wildman–Crippen LogP) is 3.59. The number of hydrogen-bond acceptors (Lipinski definition) is 9. The molecule has 42 heavy (non-hydrogen) atoms. The summed E-state index contributed by atoms with van der Waals surface area (Å²) in [4.78, 5) is 37.1. The first-order valence-corrected chi connectivity index (χ1v) is 13.6. The van der Waals surface area contributed by atoms with Crippen LogP contribution in [0.4, 0.5) is 4.79 Å². The van der Waals surface area contributed by atoms with Crippen molar-refractivity contribution < 1.29 is 38.1 Å². The highest BCUT2D eigenvalue weighted by Gasteiger charge is 2.32. The van der Waals surface area contributed by atoms with Crippen molar-refractivity contribution in [2.75, 3.05) is 33.5 Å². The summed E-state index contributed by atoms with van der Waals surface area (Å²) in [7, 11) is 1.43. The predicted molar refractivity (Wildman–Crippen MR) is 158 cm³/mol. The average Bonchev–Trinajstić information content (AvgIpc) is 2.95. The second-order valence-corrected chi connectivity index (χ2v) is 9.39. The highest BCUT2D eigenvalue weighted by atomic mass is 79.9. The molecule has 12 nitrogen and oxygen atoms in total. The van der Waals surface area contributed by atoms with Crippen molar-refractivity contribution >= 4 is 40.1 Å². The summed E-state index contributed by atoms with van der Waals surface area (Å²) in [6.07, 6.45) is 6.72. The molecule has 1 heterocycles. The maximum atomic E-state index is 12.6. The number of urea groups is 1. The molecule has 0 unspecified atom stereocenters. The summed E-state index contributed by atoms with van der Waals surface area (Å²) in [5.74, 6) is 2.82. The van der Waals surface area contributed by atoms with Gasteiger partial charge in [-0.25, -0.2) is 15.0 Å². The van der Waals surface area contributed by atoms with Crippen LogP contribution in [0.25, 0.3) is 0 Å². The van der Waals surface area contributed by atoms with E-state index in [1.165, 1.54) is 13.3 Å². The fourth-order valence-electron chi connectivity index (χ4n) is 3.94. The Balaban J connectivity index is 1.68. The van der Waals surface area contributed by atoms with Crippen LogP contribution in [-0.2, 0) is 14.3 Å². The molecule has 0 aliphatic carbocycles. The van der Waals surface area contributed by atoms with Gasteiger partial charge in [0.25, 0.3) is 5.91 Å². The number of hydrazone groups is 1. The highest BCUT2D eigenvalue weighted by molar-refractivity contribution is 9.10. The van der Waals surface area contributed by atoms with Gasteiger partial charge in [0.05, 0.1) is 42.6 Å². The van der Waals surface area contributed by atoms with Crippen LogP contribution in [0.1, 0.15) is 37.9 Å². The molecule has 3 N–H and O–H groups in total. The van der Waals surface area contributed by atoms with Crippen molar-refractivity contribution in [2.45, 2.75) is 26.8 Å². The van der Waals surface area contributed by atoms with E-state index in [2.05, 4.69) is 43.0 Å². The number of rotatable bonds is 13. The van der Waals surface area contributed by atoms with Gasteiger partial charge in [-0.05, 0) is 72.1 Å². The van der Waals surface area contributed by atoms with E-state index in [4.69, 9.17) is 30.1 Å². The minimum Gasteiger partial charge on any atom is -0.493 e. The molecule has 0 radical (unpaired) electrons. The van der Waals surface area contributed by atoms with E-state index in [-0.39, 0.29) is 36.9 Å². The lowest BCUT2D eigenvalue weighted by molar-refractivity contribution is -0.139. The Labute approximate surface area is 251 Å². The van der Waals surface area contributed by atoms with Crippen molar-refractivity contribution in [1.29, 1.82) is 0 Å². The minimum absolute atomic E-state index is 0.0790. The van der Waals surface area contributed by atoms with E-state index in [0.29, 0.717) is 39.4 Å². The smallest absolute Gasteiger partial charge is 0.338 e. The maximum Gasteiger partial charge on any atom is 0.338 e. The molecule has 0 fully saturated rings. The van der Waals surface area contributed by atoms with Crippen molar-refractivity contribution in [3.63, 3.8) is 0 Å². The van der Waals surface area contributed by atoms with Gasteiger partial charge in [-0.1, -0.05) is 12.0 Å². The average molecular weight is 643 g/mol. The SMILES string of the molecule is C#CCOc1c(Br)cc(/C=N\NC(=O)COc2ccc([C@H]3NC(=O)NC(C)=C3C(=O)OCC)cc2OC)cc1OCC. The first-order chi connectivity index (χ1) is 20.2. The van der Waals surface area contributed by atoms with Crippen molar-refractivity contribution in [3.05, 3.63) is 57.2 Å². The Morgan fingerprint density at radius 1 is 1.12 bits per heavy atom. The topological polar surface area (TPSA) is 146 Å². The molecule has 2 aromatic rings. The fourth-order valence-corrected chi connectivity index (χ4v) is 4.51. The summed E-state index contributed by atoms with van der Waals surface area (Å²) in [5.41, 5.74) is 4.23. The number of nitrogens with one attached hydrogen (secondary N) is 3. The Morgan fingerprint density at radius 2 is 1.90 bits per heavy atom. The number of amides is 3. The van der Waals surface area contributed by atoms with Crippen LogP contribution in [0, 0.1) is 12.3 Å². The van der Waals surface area contributed by atoms with E-state index < -0.39 is 23.9 Å². The summed E-state index contributed by atoms with van der Waals surface area (Å²) in [5, 5.41) is 9.29. The van der Waals surface area contributed by atoms with Gasteiger partial charge >= 0.3 is 12.0 Å². The highest BCUT2D eigenvalue weighted by Crippen LogP contribution is 2.37. The Hall–Kier alpha value is -4.70. The fraction of sp³-hybridized carbons (Fsp3) is 0.310.